The lowest BCUT2D eigenvalue weighted by Crippen LogP contribution is -1.93. The second kappa shape index (κ2) is 5.51. The van der Waals surface area contributed by atoms with Crippen molar-refractivity contribution in [3.05, 3.63) is 59.9 Å². The molecule has 3 nitrogen and oxygen atoms in total. The molecular weight excluding hydrogens is 266 g/mol. The quantitative estimate of drug-likeness (QED) is 0.724. The summed E-state index contributed by atoms with van der Waals surface area (Å²) in [5, 5.41) is 2.13. The second-order valence-electron chi connectivity index (χ2n) is 4.72. The number of nitrogens with one attached hydrogen (secondary N) is 1. The van der Waals surface area contributed by atoms with Gasteiger partial charge in [0.25, 0.3) is 0 Å². The van der Waals surface area contributed by atoms with E-state index in [2.05, 4.69) is 46.7 Å². The first kappa shape index (κ1) is 12.9. The van der Waals surface area contributed by atoms with E-state index in [1.807, 2.05) is 30.6 Å². The van der Waals surface area contributed by atoms with Crippen molar-refractivity contribution in [1.29, 1.82) is 0 Å². The molecule has 2 aromatic heterocycles. The van der Waals surface area contributed by atoms with Gasteiger partial charge in [-0.3, -0.25) is 4.98 Å². The number of rotatable bonds is 3. The normalized spacial score (nSPS) is 10.7. The van der Waals surface area contributed by atoms with Crippen molar-refractivity contribution in [2.75, 3.05) is 4.72 Å². The minimum atomic E-state index is 0.983. The number of hydrogen-bond donors (Lipinski definition) is 1. The minimum Gasteiger partial charge on any atom is -0.322 e. The Morgan fingerprint density at radius 1 is 1.05 bits per heavy atom. The van der Waals surface area contributed by atoms with Gasteiger partial charge in [-0.1, -0.05) is 18.2 Å². The maximum Gasteiger partial charge on any atom is 0.119 e. The molecule has 0 bridgehead atoms. The first-order valence-corrected chi connectivity index (χ1v) is 7.25. The van der Waals surface area contributed by atoms with Crippen LogP contribution >= 0.6 is 11.9 Å². The molecule has 0 aliphatic rings. The van der Waals surface area contributed by atoms with Gasteiger partial charge < -0.3 is 4.72 Å². The van der Waals surface area contributed by atoms with E-state index in [4.69, 9.17) is 0 Å². The van der Waals surface area contributed by atoms with Crippen molar-refractivity contribution in [2.45, 2.75) is 18.9 Å². The number of aryl methyl sites for hydroxylation is 2. The topological polar surface area (TPSA) is 37.8 Å². The predicted octanol–water partition coefficient (Wildman–Crippen LogP) is 4.37. The maximum atomic E-state index is 4.52. The van der Waals surface area contributed by atoms with E-state index in [-0.39, 0.29) is 0 Å². The van der Waals surface area contributed by atoms with E-state index in [9.17, 15) is 0 Å². The lowest BCUT2D eigenvalue weighted by molar-refractivity contribution is 1.08. The molecule has 3 rings (SSSR count). The molecule has 0 aliphatic heterocycles. The summed E-state index contributed by atoms with van der Waals surface area (Å²) in [5.41, 5.74) is 4.33. The number of benzene rings is 1. The fourth-order valence-electron chi connectivity index (χ4n) is 2.03. The zero-order valence-corrected chi connectivity index (χ0v) is 12.2. The first-order valence-electron chi connectivity index (χ1n) is 6.44. The van der Waals surface area contributed by atoms with Crippen LogP contribution < -0.4 is 4.72 Å². The molecule has 100 valence electrons. The number of para-hydroxylation sites is 1. The molecule has 0 amide bonds. The van der Waals surface area contributed by atoms with Crippen molar-refractivity contribution < 1.29 is 0 Å². The van der Waals surface area contributed by atoms with Crippen molar-refractivity contribution >= 4 is 28.5 Å². The van der Waals surface area contributed by atoms with E-state index in [1.165, 1.54) is 17.5 Å². The molecule has 0 saturated heterocycles. The number of pyridine rings is 2. The smallest absolute Gasteiger partial charge is 0.119 e. The summed E-state index contributed by atoms with van der Waals surface area (Å²) in [6, 6.07) is 12.3. The maximum absolute atomic E-state index is 4.52. The Bertz CT molecular complexity index is 756. The minimum absolute atomic E-state index is 0.983. The van der Waals surface area contributed by atoms with Crippen molar-refractivity contribution in [3.8, 4) is 0 Å². The molecule has 0 atom stereocenters. The van der Waals surface area contributed by atoms with Gasteiger partial charge in [0.15, 0.2) is 0 Å². The summed E-state index contributed by atoms with van der Waals surface area (Å²) in [7, 11) is 0. The predicted molar refractivity (Wildman–Crippen MR) is 84.9 cm³/mol. The highest BCUT2D eigenvalue weighted by molar-refractivity contribution is 8.00. The van der Waals surface area contributed by atoms with E-state index < -0.39 is 0 Å². The highest BCUT2D eigenvalue weighted by Gasteiger charge is 2.04. The van der Waals surface area contributed by atoms with Gasteiger partial charge in [-0.25, -0.2) is 4.98 Å². The van der Waals surface area contributed by atoms with Crippen LogP contribution in [0.5, 0.6) is 0 Å². The Morgan fingerprint density at radius 3 is 2.80 bits per heavy atom. The van der Waals surface area contributed by atoms with Gasteiger partial charge in [0.2, 0.25) is 0 Å². The van der Waals surface area contributed by atoms with E-state index in [0.717, 1.165) is 27.2 Å². The molecule has 0 unspecified atom stereocenters. The van der Waals surface area contributed by atoms with Crippen molar-refractivity contribution in [3.63, 3.8) is 0 Å². The summed E-state index contributed by atoms with van der Waals surface area (Å²) in [6.45, 7) is 4.11. The monoisotopic (exact) mass is 281 g/mol. The average molecular weight is 281 g/mol. The Balaban J connectivity index is 1.90. The van der Waals surface area contributed by atoms with Gasteiger partial charge in [0, 0.05) is 29.7 Å². The summed E-state index contributed by atoms with van der Waals surface area (Å²) >= 11 is 1.52. The molecule has 0 fully saturated rings. The molecule has 1 aromatic carbocycles. The molecule has 1 N–H and O–H groups in total. The number of hydrogen-bond acceptors (Lipinski definition) is 4. The fourth-order valence-corrected chi connectivity index (χ4v) is 2.75. The molecular formula is C16H15N3S. The van der Waals surface area contributed by atoms with Gasteiger partial charge in [-0.2, -0.15) is 0 Å². The van der Waals surface area contributed by atoms with Crippen LogP contribution in [0.25, 0.3) is 10.9 Å². The summed E-state index contributed by atoms with van der Waals surface area (Å²) in [5.74, 6) is 0. The third kappa shape index (κ3) is 2.60. The van der Waals surface area contributed by atoms with Crippen molar-refractivity contribution in [2.24, 2.45) is 0 Å². The molecule has 3 aromatic rings. The summed E-state index contributed by atoms with van der Waals surface area (Å²) < 4.78 is 3.36. The standard InChI is InChI=1S/C16H15N3S/c1-11-9-13-6-3-7-14(15(13)18-10-11)19-20-16-12(2)5-4-8-17-16/h3-10,19H,1-2H3. The van der Waals surface area contributed by atoms with Crippen LogP contribution in [-0.4, -0.2) is 9.97 Å². The second-order valence-corrected chi connectivity index (χ2v) is 5.51. The highest BCUT2D eigenvalue weighted by atomic mass is 32.2. The molecule has 0 radical (unpaired) electrons. The third-order valence-electron chi connectivity index (χ3n) is 3.07. The van der Waals surface area contributed by atoms with Crippen LogP contribution in [0.1, 0.15) is 11.1 Å². The summed E-state index contributed by atoms with van der Waals surface area (Å²) in [6.07, 6.45) is 3.70. The number of fused-ring (bicyclic) bond motifs is 1. The van der Waals surface area contributed by atoms with Crippen LogP contribution in [0.15, 0.2) is 53.8 Å². The first-order chi connectivity index (χ1) is 9.74. The molecule has 20 heavy (non-hydrogen) atoms. The van der Waals surface area contributed by atoms with E-state index >= 15 is 0 Å². The molecule has 2 heterocycles. The highest BCUT2D eigenvalue weighted by Crippen LogP contribution is 2.27. The summed E-state index contributed by atoms with van der Waals surface area (Å²) in [4.78, 5) is 8.89. The van der Waals surface area contributed by atoms with Gasteiger partial charge in [0.1, 0.15) is 5.03 Å². The largest absolute Gasteiger partial charge is 0.322 e. The Kier molecular flexibility index (Phi) is 3.56. The van der Waals surface area contributed by atoms with Gasteiger partial charge >= 0.3 is 0 Å². The lowest BCUT2D eigenvalue weighted by atomic mass is 10.1. The Labute approximate surface area is 122 Å². The van der Waals surface area contributed by atoms with E-state index in [0.29, 0.717) is 0 Å². The van der Waals surface area contributed by atoms with Gasteiger partial charge in [-0.15, -0.1) is 0 Å². The van der Waals surface area contributed by atoms with E-state index in [1.54, 1.807) is 0 Å². The van der Waals surface area contributed by atoms with Crippen LogP contribution in [0.3, 0.4) is 0 Å². The SMILES string of the molecule is Cc1cnc2c(NSc3ncccc3C)cccc2c1. The number of anilines is 1. The number of aromatic nitrogens is 2. The molecule has 4 heteroatoms. The lowest BCUT2D eigenvalue weighted by Gasteiger charge is -2.09. The van der Waals surface area contributed by atoms with Crippen LogP contribution in [0.2, 0.25) is 0 Å². The fraction of sp³-hybridized carbons (Fsp3) is 0.125. The number of nitrogens with zero attached hydrogens (tertiary/aromatic N) is 2. The molecule has 0 saturated carbocycles. The zero-order chi connectivity index (χ0) is 13.9. The molecule has 0 aliphatic carbocycles. The average Bonchev–Trinajstić information content (AvgIpc) is 2.46. The van der Waals surface area contributed by atoms with Crippen LogP contribution in [-0.2, 0) is 0 Å². The van der Waals surface area contributed by atoms with Crippen molar-refractivity contribution in [1.82, 2.24) is 9.97 Å². The molecule has 0 spiro atoms. The van der Waals surface area contributed by atoms with Gasteiger partial charge in [0.05, 0.1) is 11.2 Å². The Hall–Kier alpha value is -2.07. The van der Waals surface area contributed by atoms with Gasteiger partial charge in [-0.05, 0) is 43.2 Å². The zero-order valence-electron chi connectivity index (χ0n) is 11.4. The van der Waals surface area contributed by atoms with Crippen LogP contribution in [0.4, 0.5) is 5.69 Å². The Morgan fingerprint density at radius 2 is 1.95 bits per heavy atom. The third-order valence-corrected chi connectivity index (χ3v) is 4.01. The van der Waals surface area contributed by atoms with Crippen LogP contribution in [0, 0.1) is 13.8 Å².